The van der Waals surface area contributed by atoms with E-state index in [9.17, 15) is 0 Å². The monoisotopic (exact) mass is 287 g/mol. The maximum Gasteiger partial charge on any atom is 0.218 e. The number of hydrogen-bond donors (Lipinski definition) is 1. The number of nitrogens with two attached hydrogens (primary N) is 1. The van der Waals surface area contributed by atoms with Crippen molar-refractivity contribution in [3.05, 3.63) is 60.7 Å². The van der Waals surface area contributed by atoms with Gasteiger partial charge in [-0.1, -0.05) is 36.4 Å². The molecular formula is C16H21NO2Si. The van der Waals surface area contributed by atoms with Crippen LogP contribution in [0.25, 0.3) is 0 Å². The van der Waals surface area contributed by atoms with E-state index in [0.717, 1.165) is 34.6 Å². The van der Waals surface area contributed by atoms with Gasteiger partial charge in [0.25, 0.3) is 0 Å². The van der Waals surface area contributed by atoms with Crippen LogP contribution in [-0.2, 0) is 0 Å². The van der Waals surface area contributed by atoms with E-state index in [0.29, 0.717) is 6.54 Å². The van der Waals surface area contributed by atoms with Crippen molar-refractivity contribution in [2.75, 3.05) is 6.54 Å². The van der Waals surface area contributed by atoms with Crippen LogP contribution in [0.4, 0.5) is 0 Å². The number of para-hydroxylation sites is 2. The molecule has 2 aromatic rings. The van der Waals surface area contributed by atoms with Crippen LogP contribution in [0.2, 0.25) is 0 Å². The third-order valence-electron chi connectivity index (χ3n) is 2.99. The van der Waals surface area contributed by atoms with Gasteiger partial charge in [0.15, 0.2) is 0 Å². The Bertz CT molecular complexity index is 463. The van der Waals surface area contributed by atoms with Gasteiger partial charge in [0.05, 0.1) is 0 Å². The molecule has 0 spiro atoms. The molecule has 0 amide bonds. The maximum absolute atomic E-state index is 6.09. The summed E-state index contributed by atoms with van der Waals surface area (Å²) in [5.41, 5.74) is 5.05. The Morgan fingerprint density at radius 3 is 1.70 bits per heavy atom. The molecule has 0 aliphatic rings. The quantitative estimate of drug-likeness (QED) is 0.625. The molecule has 2 N–H and O–H groups in total. The second kappa shape index (κ2) is 7.12. The van der Waals surface area contributed by atoms with Gasteiger partial charge in [-0.15, -0.1) is 0 Å². The minimum Gasteiger partial charge on any atom is -0.458 e. The summed E-state index contributed by atoms with van der Waals surface area (Å²) in [7, 11) is 0.752. The summed E-state index contributed by atoms with van der Waals surface area (Å²) in [6.07, 6.45) is 1.67. The summed E-state index contributed by atoms with van der Waals surface area (Å²) in [5, 5.41) is 0. The molecular weight excluding hydrogens is 266 g/mol. The molecule has 0 aliphatic heterocycles. The molecule has 0 aliphatic carbocycles. The topological polar surface area (TPSA) is 44.5 Å². The van der Waals surface area contributed by atoms with E-state index >= 15 is 0 Å². The summed E-state index contributed by atoms with van der Waals surface area (Å²) < 4.78 is 12.2. The van der Waals surface area contributed by atoms with Crippen LogP contribution < -0.4 is 15.2 Å². The Kier molecular flexibility index (Phi) is 5.21. The van der Waals surface area contributed by atoms with Gasteiger partial charge in [0.1, 0.15) is 21.7 Å². The van der Waals surface area contributed by atoms with E-state index < -0.39 is 5.41 Å². The number of rotatable bonds is 7. The first-order valence-corrected chi connectivity index (χ1v) is 7.90. The zero-order chi connectivity index (χ0) is 14.3. The average Bonchev–Trinajstić information content (AvgIpc) is 2.47. The van der Waals surface area contributed by atoms with E-state index in [1.165, 1.54) is 0 Å². The van der Waals surface area contributed by atoms with E-state index in [1.807, 2.05) is 60.7 Å². The second-order valence-electron chi connectivity index (χ2n) is 4.86. The van der Waals surface area contributed by atoms with Crippen molar-refractivity contribution in [2.24, 2.45) is 5.73 Å². The summed E-state index contributed by atoms with van der Waals surface area (Å²) in [5.74, 6) is 1.66. The first-order valence-electron chi connectivity index (χ1n) is 6.90. The average molecular weight is 287 g/mol. The highest BCUT2D eigenvalue weighted by Crippen LogP contribution is 2.24. The lowest BCUT2D eigenvalue weighted by Crippen LogP contribution is -2.43. The minimum atomic E-state index is -0.581. The van der Waals surface area contributed by atoms with Crippen LogP contribution in [-0.4, -0.2) is 22.2 Å². The predicted octanol–water partition coefficient (Wildman–Crippen LogP) is 1.90. The van der Waals surface area contributed by atoms with E-state index in [1.54, 1.807) is 0 Å². The lowest BCUT2D eigenvalue weighted by molar-refractivity contribution is -0.0454. The van der Waals surface area contributed by atoms with Crippen molar-refractivity contribution in [3.63, 3.8) is 0 Å². The summed E-state index contributed by atoms with van der Waals surface area (Å²) in [6, 6.07) is 19.6. The van der Waals surface area contributed by atoms with Crippen LogP contribution in [0, 0.1) is 0 Å². The molecule has 0 saturated carbocycles. The van der Waals surface area contributed by atoms with Crippen LogP contribution in [0.5, 0.6) is 11.5 Å². The Labute approximate surface area is 123 Å². The number of ether oxygens (including phenoxy) is 2. The third kappa shape index (κ3) is 4.40. The molecule has 0 saturated heterocycles. The van der Waals surface area contributed by atoms with Crippen LogP contribution in [0.1, 0.15) is 12.8 Å². The first kappa shape index (κ1) is 14.6. The lowest BCUT2D eigenvalue weighted by Gasteiger charge is -2.32. The van der Waals surface area contributed by atoms with Crippen molar-refractivity contribution in [2.45, 2.75) is 18.3 Å². The van der Waals surface area contributed by atoms with Crippen molar-refractivity contribution < 1.29 is 9.47 Å². The van der Waals surface area contributed by atoms with Gasteiger partial charge in [-0.3, -0.25) is 0 Å². The Morgan fingerprint density at radius 2 is 1.30 bits per heavy atom. The molecule has 0 fully saturated rings. The van der Waals surface area contributed by atoms with Gasteiger partial charge in [-0.05, 0) is 37.2 Å². The fourth-order valence-corrected chi connectivity index (χ4v) is 2.85. The summed E-state index contributed by atoms with van der Waals surface area (Å²) >= 11 is 0. The van der Waals surface area contributed by atoms with Gasteiger partial charge in [-0.2, -0.15) is 0 Å². The normalized spacial score (nSPS) is 11.2. The van der Waals surface area contributed by atoms with Crippen molar-refractivity contribution >= 4 is 10.2 Å². The summed E-state index contributed by atoms with van der Waals surface area (Å²) in [4.78, 5) is 0. The molecule has 4 heteroatoms. The molecule has 0 aromatic heterocycles. The SMILES string of the molecule is NCCCC([SiH3])(Oc1ccccc1)Oc1ccccc1. The highest BCUT2D eigenvalue weighted by molar-refractivity contribution is 6.13. The fourth-order valence-electron chi connectivity index (χ4n) is 2.02. The molecule has 2 rings (SSSR count). The molecule has 0 unspecified atom stereocenters. The number of hydrogen-bond acceptors (Lipinski definition) is 3. The van der Waals surface area contributed by atoms with Gasteiger partial charge in [0.2, 0.25) is 5.41 Å². The smallest absolute Gasteiger partial charge is 0.218 e. The highest BCUT2D eigenvalue weighted by atomic mass is 28.1. The first-order chi connectivity index (χ1) is 9.72. The van der Waals surface area contributed by atoms with E-state index in [-0.39, 0.29) is 0 Å². The lowest BCUT2D eigenvalue weighted by atomic mass is 10.3. The maximum atomic E-state index is 6.09. The molecule has 3 nitrogen and oxygen atoms in total. The fraction of sp³-hybridized carbons (Fsp3) is 0.250. The van der Waals surface area contributed by atoms with Gasteiger partial charge in [0, 0.05) is 6.42 Å². The van der Waals surface area contributed by atoms with Gasteiger partial charge in [-0.25, -0.2) is 0 Å². The molecule has 106 valence electrons. The molecule has 0 heterocycles. The Balaban J connectivity index is 2.12. The Morgan fingerprint density at radius 1 is 0.850 bits per heavy atom. The van der Waals surface area contributed by atoms with Gasteiger partial charge < -0.3 is 15.2 Å². The molecule has 2 aromatic carbocycles. The minimum absolute atomic E-state index is 0.581. The molecule has 20 heavy (non-hydrogen) atoms. The number of benzene rings is 2. The molecule has 0 atom stereocenters. The van der Waals surface area contributed by atoms with Crippen molar-refractivity contribution in [3.8, 4) is 11.5 Å². The molecule has 0 radical (unpaired) electrons. The van der Waals surface area contributed by atoms with Crippen molar-refractivity contribution in [1.82, 2.24) is 0 Å². The van der Waals surface area contributed by atoms with E-state index in [2.05, 4.69) is 0 Å². The van der Waals surface area contributed by atoms with Crippen molar-refractivity contribution in [1.29, 1.82) is 0 Å². The molecule has 0 bridgehead atoms. The highest BCUT2D eigenvalue weighted by Gasteiger charge is 2.27. The van der Waals surface area contributed by atoms with Crippen LogP contribution >= 0.6 is 0 Å². The zero-order valence-corrected chi connectivity index (χ0v) is 13.8. The van der Waals surface area contributed by atoms with Gasteiger partial charge >= 0.3 is 0 Å². The van der Waals surface area contributed by atoms with Crippen LogP contribution in [0.3, 0.4) is 0 Å². The summed E-state index contributed by atoms with van der Waals surface area (Å²) in [6.45, 7) is 0.639. The largest absolute Gasteiger partial charge is 0.458 e. The standard InChI is InChI=1S/C16H21NO2Si/c17-13-7-12-16(20,18-14-8-3-1-4-9-14)19-15-10-5-2-6-11-15/h1-6,8-11H,7,12-13,17H2,20H3. The van der Waals surface area contributed by atoms with E-state index in [4.69, 9.17) is 15.2 Å². The predicted molar refractivity (Wildman–Crippen MR) is 85.1 cm³/mol. The third-order valence-corrected chi connectivity index (χ3v) is 3.90. The van der Waals surface area contributed by atoms with Crippen LogP contribution in [0.15, 0.2) is 60.7 Å². The zero-order valence-electron chi connectivity index (χ0n) is 11.8. The second-order valence-corrected chi connectivity index (χ2v) is 6.38. The Hall–Kier alpha value is -1.78.